The van der Waals surface area contributed by atoms with Gasteiger partial charge in [-0.25, -0.2) is 4.98 Å². The Hall–Kier alpha value is -2.63. The SMILES string of the molecule is O=C(O)CC1(NC(=O)c2ccc(-n3ccnc3)cc2)CCCC1. The summed E-state index contributed by atoms with van der Waals surface area (Å²) in [5, 5.41) is 12.1. The van der Waals surface area contributed by atoms with Crippen LogP contribution < -0.4 is 5.32 Å². The normalized spacial score (nSPS) is 16.2. The molecule has 0 radical (unpaired) electrons. The molecule has 3 rings (SSSR count). The number of carbonyl (C=O) groups is 2. The fourth-order valence-corrected chi connectivity index (χ4v) is 3.20. The van der Waals surface area contributed by atoms with E-state index in [-0.39, 0.29) is 12.3 Å². The van der Waals surface area contributed by atoms with Crippen molar-refractivity contribution in [2.45, 2.75) is 37.6 Å². The summed E-state index contributed by atoms with van der Waals surface area (Å²) in [6.07, 6.45) is 8.53. The summed E-state index contributed by atoms with van der Waals surface area (Å²) in [5.74, 6) is -1.09. The standard InChI is InChI=1S/C17H19N3O3/c21-15(22)11-17(7-1-2-8-17)19-16(23)13-3-5-14(6-4-13)20-10-9-18-12-20/h3-6,9-10,12H,1-2,7-8,11H2,(H,19,23)(H,21,22). The highest BCUT2D eigenvalue weighted by Gasteiger charge is 2.37. The monoisotopic (exact) mass is 313 g/mol. The molecule has 1 saturated carbocycles. The Balaban J connectivity index is 1.73. The predicted octanol–water partition coefficient (Wildman–Crippen LogP) is 2.39. The molecule has 23 heavy (non-hydrogen) atoms. The molecule has 0 atom stereocenters. The van der Waals surface area contributed by atoms with Crippen LogP contribution in [0.2, 0.25) is 0 Å². The number of carbonyl (C=O) groups excluding carboxylic acids is 1. The van der Waals surface area contributed by atoms with Crippen molar-refractivity contribution in [1.29, 1.82) is 0 Å². The highest BCUT2D eigenvalue weighted by Crippen LogP contribution is 2.33. The molecule has 1 amide bonds. The van der Waals surface area contributed by atoms with E-state index in [1.165, 1.54) is 0 Å². The summed E-state index contributed by atoms with van der Waals surface area (Å²) < 4.78 is 1.85. The number of nitrogens with zero attached hydrogens (tertiary/aromatic N) is 2. The lowest BCUT2D eigenvalue weighted by Crippen LogP contribution is -2.47. The van der Waals surface area contributed by atoms with E-state index in [9.17, 15) is 9.59 Å². The maximum atomic E-state index is 12.5. The minimum atomic E-state index is -0.873. The summed E-state index contributed by atoms with van der Waals surface area (Å²) in [6.45, 7) is 0. The molecular formula is C17H19N3O3. The van der Waals surface area contributed by atoms with Crippen molar-refractivity contribution in [3.8, 4) is 5.69 Å². The van der Waals surface area contributed by atoms with Gasteiger partial charge in [0.15, 0.2) is 0 Å². The van der Waals surface area contributed by atoms with Gasteiger partial charge in [0, 0.05) is 23.6 Å². The average molecular weight is 313 g/mol. The molecule has 120 valence electrons. The zero-order valence-electron chi connectivity index (χ0n) is 12.7. The van der Waals surface area contributed by atoms with Crippen molar-refractivity contribution < 1.29 is 14.7 Å². The van der Waals surface area contributed by atoms with E-state index in [0.717, 1.165) is 31.4 Å². The second-order valence-electron chi connectivity index (χ2n) is 6.03. The lowest BCUT2D eigenvalue weighted by molar-refractivity contribution is -0.138. The molecule has 1 aliphatic rings. The summed E-state index contributed by atoms with van der Waals surface area (Å²) >= 11 is 0. The molecule has 6 nitrogen and oxygen atoms in total. The van der Waals surface area contributed by atoms with Crippen LogP contribution in [-0.2, 0) is 4.79 Å². The topological polar surface area (TPSA) is 84.2 Å². The minimum Gasteiger partial charge on any atom is -0.481 e. The first-order chi connectivity index (χ1) is 11.1. The quantitative estimate of drug-likeness (QED) is 0.887. The van der Waals surface area contributed by atoms with Crippen molar-refractivity contribution in [1.82, 2.24) is 14.9 Å². The zero-order chi connectivity index (χ0) is 16.3. The molecule has 0 aliphatic heterocycles. The third kappa shape index (κ3) is 3.41. The first-order valence-corrected chi connectivity index (χ1v) is 7.71. The third-order valence-electron chi connectivity index (χ3n) is 4.36. The Morgan fingerprint density at radius 3 is 2.48 bits per heavy atom. The number of hydrogen-bond acceptors (Lipinski definition) is 3. The van der Waals surface area contributed by atoms with Crippen LogP contribution in [0, 0.1) is 0 Å². The molecular weight excluding hydrogens is 294 g/mol. The first-order valence-electron chi connectivity index (χ1n) is 7.71. The van der Waals surface area contributed by atoms with E-state index in [2.05, 4.69) is 10.3 Å². The molecule has 1 aliphatic carbocycles. The Morgan fingerprint density at radius 1 is 1.22 bits per heavy atom. The van der Waals surface area contributed by atoms with Gasteiger partial charge in [0.2, 0.25) is 0 Å². The van der Waals surface area contributed by atoms with E-state index in [4.69, 9.17) is 5.11 Å². The molecule has 1 aromatic carbocycles. The maximum Gasteiger partial charge on any atom is 0.305 e. The first kappa shape index (κ1) is 15.3. The molecule has 6 heteroatoms. The van der Waals surface area contributed by atoms with Crippen LogP contribution in [0.1, 0.15) is 42.5 Å². The highest BCUT2D eigenvalue weighted by atomic mass is 16.4. The number of nitrogens with one attached hydrogen (secondary N) is 1. The molecule has 1 aromatic heterocycles. The smallest absolute Gasteiger partial charge is 0.305 e. The molecule has 0 bridgehead atoms. The van der Waals surface area contributed by atoms with Crippen LogP contribution in [0.5, 0.6) is 0 Å². The largest absolute Gasteiger partial charge is 0.481 e. The van der Waals surface area contributed by atoms with Gasteiger partial charge in [-0.05, 0) is 37.1 Å². The van der Waals surface area contributed by atoms with E-state index >= 15 is 0 Å². The number of amides is 1. The summed E-state index contributed by atoms with van der Waals surface area (Å²) in [5.41, 5.74) is 0.844. The van der Waals surface area contributed by atoms with Crippen LogP contribution in [0.4, 0.5) is 0 Å². The van der Waals surface area contributed by atoms with Gasteiger partial charge >= 0.3 is 5.97 Å². The van der Waals surface area contributed by atoms with Gasteiger partial charge in [0.1, 0.15) is 0 Å². The van der Waals surface area contributed by atoms with Crippen LogP contribution in [0.25, 0.3) is 5.69 Å². The average Bonchev–Trinajstić information content (AvgIpc) is 3.19. The minimum absolute atomic E-state index is 0.0220. The Kier molecular flexibility index (Phi) is 4.14. The van der Waals surface area contributed by atoms with Gasteiger partial charge in [-0.2, -0.15) is 0 Å². The van der Waals surface area contributed by atoms with E-state index in [1.54, 1.807) is 24.7 Å². The number of carboxylic acids is 1. The van der Waals surface area contributed by atoms with E-state index in [0.29, 0.717) is 5.56 Å². The second-order valence-corrected chi connectivity index (χ2v) is 6.03. The van der Waals surface area contributed by atoms with Crippen LogP contribution in [0.15, 0.2) is 43.0 Å². The van der Waals surface area contributed by atoms with E-state index in [1.807, 2.05) is 22.9 Å². The fourth-order valence-electron chi connectivity index (χ4n) is 3.20. The van der Waals surface area contributed by atoms with Crippen LogP contribution in [-0.4, -0.2) is 32.1 Å². The summed E-state index contributed by atoms with van der Waals surface area (Å²) in [7, 11) is 0. The van der Waals surface area contributed by atoms with Crippen molar-refractivity contribution in [2.24, 2.45) is 0 Å². The van der Waals surface area contributed by atoms with Gasteiger partial charge in [0.05, 0.1) is 18.3 Å². The van der Waals surface area contributed by atoms with Gasteiger partial charge in [-0.3, -0.25) is 9.59 Å². The van der Waals surface area contributed by atoms with Gasteiger partial charge < -0.3 is 15.0 Å². The second kappa shape index (κ2) is 6.24. The number of imidazole rings is 1. The molecule has 2 N–H and O–H groups in total. The Bertz CT molecular complexity index is 686. The van der Waals surface area contributed by atoms with Crippen molar-refractivity contribution in [3.63, 3.8) is 0 Å². The van der Waals surface area contributed by atoms with E-state index < -0.39 is 11.5 Å². The zero-order valence-corrected chi connectivity index (χ0v) is 12.7. The lowest BCUT2D eigenvalue weighted by Gasteiger charge is -2.28. The predicted molar refractivity (Wildman–Crippen MR) is 84.5 cm³/mol. The molecule has 0 spiro atoms. The number of rotatable bonds is 5. The van der Waals surface area contributed by atoms with Crippen molar-refractivity contribution in [2.75, 3.05) is 0 Å². The fraction of sp³-hybridized carbons (Fsp3) is 0.353. The number of benzene rings is 1. The summed E-state index contributed by atoms with van der Waals surface area (Å²) in [4.78, 5) is 27.5. The molecule has 1 heterocycles. The number of hydrogen-bond donors (Lipinski definition) is 2. The van der Waals surface area contributed by atoms with Gasteiger partial charge in [-0.1, -0.05) is 12.8 Å². The van der Waals surface area contributed by atoms with Gasteiger partial charge in [0.25, 0.3) is 5.91 Å². The van der Waals surface area contributed by atoms with Crippen LogP contribution >= 0.6 is 0 Å². The number of carboxylic acid groups (broad SMARTS) is 1. The Labute approximate surface area is 134 Å². The lowest BCUT2D eigenvalue weighted by atomic mass is 9.92. The molecule has 2 aromatic rings. The summed E-state index contributed by atoms with van der Waals surface area (Å²) in [6, 6.07) is 7.17. The third-order valence-corrected chi connectivity index (χ3v) is 4.36. The van der Waals surface area contributed by atoms with Crippen LogP contribution in [0.3, 0.4) is 0 Å². The number of aliphatic carboxylic acids is 1. The molecule has 1 fully saturated rings. The molecule has 0 unspecified atom stereocenters. The highest BCUT2D eigenvalue weighted by molar-refractivity contribution is 5.95. The number of aromatic nitrogens is 2. The Morgan fingerprint density at radius 2 is 1.91 bits per heavy atom. The maximum absolute atomic E-state index is 12.5. The van der Waals surface area contributed by atoms with Gasteiger partial charge in [-0.15, -0.1) is 0 Å². The van der Waals surface area contributed by atoms with Crippen molar-refractivity contribution in [3.05, 3.63) is 48.5 Å². The molecule has 0 saturated heterocycles. The van der Waals surface area contributed by atoms with Crippen molar-refractivity contribution >= 4 is 11.9 Å².